The summed E-state index contributed by atoms with van der Waals surface area (Å²) in [5.74, 6) is 0.747. The van der Waals surface area contributed by atoms with Crippen molar-refractivity contribution in [1.82, 2.24) is 9.97 Å². The molecule has 8 heteroatoms. The topological polar surface area (TPSA) is 97.5 Å². The minimum Gasteiger partial charge on any atom is -0.453 e. The van der Waals surface area contributed by atoms with E-state index in [-0.39, 0.29) is 5.89 Å². The second kappa shape index (κ2) is 6.79. The van der Waals surface area contributed by atoms with Crippen LogP contribution in [-0.4, -0.2) is 28.3 Å². The van der Waals surface area contributed by atoms with Gasteiger partial charge in [0.05, 0.1) is 19.0 Å². The zero-order valence-corrected chi connectivity index (χ0v) is 16.0. The van der Waals surface area contributed by atoms with Gasteiger partial charge >= 0.3 is 6.09 Å². The van der Waals surface area contributed by atoms with Gasteiger partial charge in [-0.3, -0.25) is 10.3 Å². The van der Waals surface area contributed by atoms with Gasteiger partial charge in [0.15, 0.2) is 11.4 Å². The van der Waals surface area contributed by atoms with Crippen LogP contribution < -0.4 is 5.32 Å². The lowest BCUT2D eigenvalue weighted by atomic mass is 10.0. The van der Waals surface area contributed by atoms with Gasteiger partial charge in [-0.2, -0.15) is 0 Å². The number of methoxy groups -OCH3 is 1. The molecule has 0 radical (unpaired) electrons. The normalized spacial score (nSPS) is 18.2. The Balaban J connectivity index is 1.60. The van der Waals surface area contributed by atoms with E-state index in [1.807, 2.05) is 6.07 Å². The van der Waals surface area contributed by atoms with E-state index in [9.17, 15) is 9.90 Å². The number of amides is 1. The van der Waals surface area contributed by atoms with E-state index in [1.54, 1.807) is 36.7 Å². The molecule has 1 unspecified atom stereocenters. The number of hydrogen-bond acceptors (Lipinski definition) is 6. The van der Waals surface area contributed by atoms with Crippen LogP contribution in [0.2, 0.25) is 0 Å². The molecule has 2 heterocycles. The number of carbonyl (C=O) groups excluding carboxylic acids is 1. The van der Waals surface area contributed by atoms with Crippen LogP contribution in [0.15, 0.2) is 51.6 Å². The van der Waals surface area contributed by atoms with Gasteiger partial charge < -0.3 is 14.3 Å². The van der Waals surface area contributed by atoms with E-state index in [1.165, 1.54) is 7.11 Å². The van der Waals surface area contributed by atoms with E-state index < -0.39 is 11.7 Å². The Morgan fingerprint density at radius 3 is 2.81 bits per heavy atom. The standard InChI is InChI=1S/C19H16BrN3O4/c1-26-18(24)23-14-4-2-11(3-5-14)15-10-22-17(27-15)19(25)7-6-12-8-13(20)9-21-16(12)19/h2-5,8-10,25H,6-7H2,1H3,(H,23,24). The number of benzene rings is 1. The highest BCUT2D eigenvalue weighted by Crippen LogP contribution is 2.41. The molecule has 2 N–H and O–H groups in total. The summed E-state index contributed by atoms with van der Waals surface area (Å²) in [6, 6.07) is 8.99. The molecule has 4 rings (SSSR count). The molecule has 27 heavy (non-hydrogen) atoms. The molecule has 0 fully saturated rings. The molecule has 0 saturated carbocycles. The molecule has 1 aliphatic carbocycles. The number of aliphatic hydroxyl groups is 1. The van der Waals surface area contributed by atoms with Crippen LogP contribution in [0.25, 0.3) is 11.3 Å². The first-order valence-corrected chi connectivity index (χ1v) is 9.08. The molecular formula is C19H16BrN3O4. The van der Waals surface area contributed by atoms with Crippen LogP contribution >= 0.6 is 15.9 Å². The summed E-state index contributed by atoms with van der Waals surface area (Å²) in [6.07, 6.45) is 3.86. The zero-order chi connectivity index (χ0) is 19.0. The van der Waals surface area contributed by atoms with Crippen molar-refractivity contribution in [3.63, 3.8) is 0 Å². The number of nitrogens with one attached hydrogen (secondary N) is 1. The van der Waals surface area contributed by atoms with Gasteiger partial charge in [0.1, 0.15) is 0 Å². The predicted octanol–water partition coefficient (Wildman–Crippen LogP) is 3.86. The van der Waals surface area contributed by atoms with Crippen molar-refractivity contribution in [3.8, 4) is 11.3 Å². The number of halogens is 1. The number of aromatic nitrogens is 2. The maximum absolute atomic E-state index is 11.2. The quantitative estimate of drug-likeness (QED) is 0.655. The molecule has 1 atom stereocenters. The number of rotatable bonds is 3. The fraction of sp³-hybridized carbons (Fsp3) is 0.211. The minimum absolute atomic E-state index is 0.225. The molecule has 1 aromatic carbocycles. The Hall–Kier alpha value is -2.71. The second-order valence-electron chi connectivity index (χ2n) is 6.25. The van der Waals surface area contributed by atoms with Crippen molar-refractivity contribution in [2.45, 2.75) is 18.4 Å². The number of nitrogens with zero attached hydrogens (tertiary/aromatic N) is 2. The minimum atomic E-state index is -1.33. The Labute approximate surface area is 163 Å². The van der Waals surface area contributed by atoms with Gasteiger partial charge in [-0.05, 0) is 64.7 Å². The Bertz CT molecular complexity index is 1000. The maximum Gasteiger partial charge on any atom is 0.411 e. The average molecular weight is 430 g/mol. The van der Waals surface area contributed by atoms with E-state index in [0.29, 0.717) is 30.0 Å². The van der Waals surface area contributed by atoms with Crippen LogP contribution in [-0.2, 0) is 16.8 Å². The van der Waals surface area contributed by atoms with Gasteiger partial charge in [0.25, 0.3) is 0 Å². The SMILES string of the molecule is COC(=O)Nc1ccc(-c2cnc(C3(O)CCc4cc(Br)cnc43)o2)cc1. The molecular weight excluding hydrogens is 414 g/mol. The number of pyridine rings is 1. The molecule has 0 bridgehead atoms. The Kier molecular flexibility index (Phi) is 4.45. The van der Waals surface area contributed by atoms with Gasteiger partial charge in [0.2, 0.25) is 5.89 Å². The highest BCUT2D eigenvalue weighted by molar-refractivity contribution is 9.10. The summed E-state index contributed by atoms with van der Waals surface area (Å²) in [5.41, 5.74) is 1.60. The number of fused-ring (bicyclic) bond motifs is 1. The van der Waals surface area contributed by atoms with Crippen LogP contribution in [0.3, 0.4) is 0 Å². The van der Waals surface area contributed by atoms with E-state index >= 15 is 0 Å². The Morgan fingerprint density at radius 2 is 2.07 bits per heavy atom. The fourth-order valence-corrected chi connectivity index (χ4v) is 3.55. The average Bonchev–Trinajstić information content (AvgIpc) is 3.28. The number of oxazole rings is 1. The maximum atomic E-state index is 11.2. The van der Waals surface area contributed by atoms with Crippen molar-refractivity contribution in [2.24, 2.45) is 0 Å². The molecule has 0 spiro atoms. The van der Waals surface area contributed by atoms with Crippen molar-refractivity contribution >= 4 is 27.7 Å². The first-order valence-electron chi connectivity index (χ1n) is 8.28. The summed E-state index contributed by atoms with van der Waals surface area (Å²) >= 11 is 3.40. The van der Waals surface area contributed by atoms with Crippen LogP contribution in [0, 0.1) is 0 Å². The van der Waals surface area contributed by atoms with Gasteiger partial charge in [0, 0.05) is 21.9 Å². The third-order valence-corrected chi connectivity index (χ3v) is 4.98. The van der Waals surface area contributed by atoms with E-state index in [4.69, 9.17) is 4.42 Å². The molecule has 3 aromatic rings. The number of anilines is 1. The first-order chi connectivity index (χ1) is 13.0. The Morgan fingerprint density at radius 1 is 1.30 bits per heavy atom. The molecule has 1 aliphatic rings. The third kappa shape index (κ3) is 3.22. The highest BCUT2D eigenvalue weighted by Gasteiger charge is 2.44. The lowest BCUT2D eigenvalue weighted by molar-refractivity contribution is 0.0498. The largest absolute Gasteiger partial charge is 0.453 e. The zero-order valence-electron chi connectivity index (χ0n) is 14.4. The van der Waals surface area contributed by atoms with Crippen molar-refractivity contribution in [3.05, 3.63) is 64.3 Å². The summed E-state index contributed by atoms with van der Waals surface area (Å²) < 4.78 is 11.3. The van der Waals surface area contributed by atoms with Gasteiger partial charge in [-0.15, -0.1) is 0 Å². The summed E-state index contributed by atoms with van der Waals surface area (Å²) in [4.78, 5) is 19.9. The van der Waals surface area contributed by atoms with E-state index in [0.717, 1.165) is 15.6 Å². The molecule has 0 aliphatic heterocycles. The van der Waals surface area contributed by atoms with Crippen molar-refractivity contribution in [1.29, 1.82) is 0 Å². The summed E-state index contributed by atoms with van der Waals surface area (Å²) in [6.45, 7) is 0. The van der Waals surface area contributed by atoms with E-state index in [2.05, 4.69) is 36.0 Å². The molecule has 1 amide bonds. The van der Waals surface area contributed by atoms with Crippen LogP contribution in [0.5, 0.6) is 0 Å². The number of ether oxygens (including phenoxy) is 1. The molecule has 138 valence electrons. The molecule has 0 saturated heterocycles. The molecule has 7 nitrogen and oxygen atoms in total. The summed E-state index contributed by atoms with van der Waals surface area (Å²) in [5, 5.41) is 13.7. The monoisotopic (exact) mass is 429 g/mol. The van der Waals surface area contributed by atoms with Gasteiger partial charge in [-0.1, -0.05) is 0 Å². The van der Waals surface area contributed by atoms with Crippen LogP contribution in [0.1, 0.15) is 23.6 Å². The number of hydrogen-bond donors (Lipinski definition) is 2. The third-order valence-electron chi connectivity index (χ3n) is 4.54. The lowest BCUT2D eigenvalue weighted by Crippen LogP contribution is -2.25. The van der Waals surface area contributed by atoms with Crippen molar-refractivity contribution in [2.75, 3.05) is 12.4 Å². The number of aryl methyl sites for hydroxylation is 1. The summed E-state index contributed by atoms with van der Waals surface area (Å²) in [7, 11) is 1.30. The smallest absolute Gasteiger partial charge is 0.411 e. The number of carbonyl (C=O) groups is 1. The fourth-order valence-electron chi connectivity index (χ4n) is 3.17. The predicted molar refractivity (Wildman–Crippen MR) is 101 cm³/mol. The van der Waals surface area contributed by atoms with Gasteiger partial charge in [-0.25, -0.2) is 9.78 Å². The highest BCUT2D eigenvalue weighted by atomic mass is 79.9. The first kappa shape index (κ1) is 17.7. The van der Waals surface area contributed by atoms with Crippen molar-refractivity contribution < 1.29 is 19.1 Å². The lowest BCUT2D eigenvalue weighted by Gasteiger charge is -2.18. The van der Waals surface area contributed by atoms with Crippen LogP contribution in [0.4, 0.5) is 10.5 Å². The molecule has 2 aromatic heterocycles. The second-order valence-corrected chi connectivity index (χ2v) is 7.16.